The van der Waals surface area contributed by atoms with Gasteiger partial charge in [0.25, 0.3) is 0 Å². The molecule has 0 spiro atoms. The number of nitrogens with zero attached hydrogens (tertiary/aromatic N) is 2. The van der Waals surface area contributed by atoms with Crippen LogP contribution in [0.1, 0.15) is 6.92 Å². The van der Waals surface area contributed by atoms with Crippen LogP contribution >= 0.6 is 0 Å². The number of hydrogen-bond acceptors (Lipinski definition) is 3. The summed E-state index contributed by atoms with van der Waals surface area (Å²) >= 11 is 0. The van der Waals surface area contributed by atoms with Gasteiger partial charge in [-0.05, 0) is 6.92 Å². The Bertz CT molecular complexity index is 204. The zero-order valence-corrected chi connectivity index (χ0v) is 7.51. The molecule has 0 aromatic carbocycles. The molecular formula is C9H15N3. The van der Waals surface area contributed by atoms with Gasteiger partial charge >= 0.3 is 0 Å². The monoisotopic (exact) mass is 165 g/mol. The lowest BCUT2D eigenvalue weighted by Gasteiger charge is -2.31. The van der Waals surface area contributed by atoms with Crippen LogP contribution in [0.4, 0.5) is 0 Å². The SMILES string of the molecule is C=C(C)CN1CCNCC1C#N. The minimum Gasteiger partial charge on any atom is -0.313 e. The number of nitriles is 1. The van der Waals surface area contributed by atoms with E-state index in [-0.39, 0.29) is 6.04 Å². The molecule has 1 aliphatic rings. The lowest BCUT2D eigenvalue weighted by Crippen LogP contribution is -2.50. The van der Waals surface area contributed by atoms with Gasteiger partial charge in [-0.25, -0.2) is 0 Å². The van der Waals surface area contributed by atoms with E-state index in [0.29, 0.717) is 0 Å². The first-order chi connectivity index (χ1) is 5.74. The van der Waals surface area contributed by atoms with Crippen LogP contribution in [0.25, 0.3) is 0 Å². The molecular weight excluding hydrogens is 150 g/mol. The summed E-state index contributed by atoms with van der Waals surface area (Å²) in [6.07, 6.45) is 0. The Balaban J connectivity index is 2.48. The van der Waals surface area contributed by atoms with Crippen molar-refractivity contribution in [1.82, 2.24) is 10.2 Å². The van der Waals surface area contributed by atoms with Crippen molar-refractivity contribution in [3.05, 3.63) is 12.2 Å². The summed E-state index contributed by atoms with van der Waals surface area (Å²) in [5.41, 5.74) is 1.12. The predicted molar refractivity (Wildman–Crippen MR) is 48.7 cm³/mol. The quantitative estimate of drug-likeness (QED) is 0.600. The maximum Gasteiger partial charge on any atom is 0.111 e. The van der Waals surface area contributed by atoms with E-state index < -0.39 is 0 Å². The number of hydrogen-bond donors (Lipinski definition) is 1. The molecule has 66 valence electrons. The number of rotatable bonds is 2. The molecule has 0 bridgehead atoms. The first-order valence-corrected chi connectivity index (χ1v) is 4.23. The highest BCUT2D eigenvalue weighted by atomic mass is 15.2. The van der Waals surface area contributed by atoms with E-state index in [1.165, 1.54) is 0 Å². The van der Waals surface area contributed by atoms with E-state index in [1.807, 2.05) is 6.92 Å². The van der Waals surface area contributed by atoms with Crippen LogP contribution in [0.3, 0.4) is 0 Å². The van der Waals surface area contributed by atoms with Crippen LogP contribution in [0.2, 0.25) is 0 Å². The Kier molecular flexibility index (Phi) is 3.27. The van der Waals surface area contributed by atoms with Crippen molar-refractivity contribution in [2.45, 2.75) is 13.0 Å². The molecule has 3 heteroatoms. The first kappa shape index (κ1) is 9.24. The molecule has 12 heavy (non-hydrogen) atoms. The minimum atomic E-state index is 0.0236. The fourth-order valence-electron chi connectivity index (χ4n) is 1.41. The standard InChI is InChI=1S/C9H15N3/c1-8(2)7-12-4-3-11-6-9(12)5-10/h9,11H,1,3-4,6-7H2,2H3. The minimum absolute atomic E-state index is 0.0236. The smallest absolute Gasteiger partial charge is 0.111 e. The lowest BCUT2D eigenvalue weighted by molar-refractivity contribution is 0.214. The van der Waals surface area contributed by atoms with Crippen LogP contribution in [0, 0.1) is 11.3 Å². The van der Waals surface area contributed by atoms with Gasteiger partial charge in [0.2, 0.25) is 0 Å². The van der Waals surface area contributed by atoms with Crippen molar-refractivity contribution in [1.29, 1.82) is 5.26 Å². The molecule has 1 unspecified atom stereocenters. The van der Waals surface area contributed by atoms with Gasteiger partial charge < -0.3 is 5.32 Å². The molecule has 1 saturated heterocycles. The van der Waals surface area contributed by atoms with Gasteiger partial charge in [-0.1, -0.05) is 12.2 Å². The van der Waals surface area contributed by atoms with E-state index in [9.17, 15) is 0 Å². The van der Waals surface area contributed by atoms with Gasteiger partial charge in [-0.15, -0.1) is 0 Å². The molecule has 1 N–H and O–H groups in total. The average molecular weight is 165 g/mol. The topological polar surface area (TPSA) is 39.1 Å². The van der Waals surface area contributed by atoms with Crippen LogP contribution in [-0.2, 0) is 0 Å². The Labute approximate surface area is 73.7 Å². The van der Waals surface area contributed by atoms with Crippen LogP contribution < -0.4 is 5.32 Å². The van der Waals surface area contributed by atoms with Crippen LogP contribution in [0.15, 0.2) is 12.2 Å². The van der Waals surface area contributed by atoms with Crippen molar-refractivity contribution in [2.75, 3.05) is 26.2 Å². The summed E-state index contributed by atoms with van der Waals surface area (Å²) in [5, 5.41) is 12.0. The fraction of sp³-hybridized carbons (Fsp3) is 0.667. The molecule has 0 saturated carbocycles. The number of nitrogens with one attached hydrogen (secondary N) is 1. The average Bonchev–Trinajstić information content (AvgIpc) is 2.04. The van der Waals surface area contributed by atoms with Crippen LogP contribution in [-0.4, -0.2) is 37.1 Å². The van der Waals surface area contributed by atoms with E-state index in [0.717, 1.165) is 31.8 Å². The Morgan fingerprint density at radius 2 is 2.58 bits per heavy atom. The maximum atomic E-state index is 8.81. The summed E-state index contributed by atoms with van der Waals surface area (Å²) < 4.78 is 0. The third-order valence-electron chi connectivity index (χ3n) is 1.98. The molecule has 0 radical (unpaired) electrons. The second kappa shape index (κ2) is 4.24. The normalized spacial score (nSPS) is 24.8. The van der Waals surface area contributed by atoms with Crippen molar-refractivity contribution >= 4 is 0 Å². The molecule has 1 fully saturated rings. The second-order valence-electron chi connectivity index (χ2n) is 3.28. The summed E-state index contributed by atoms with van der Waals surface area (Å²) in [6, 6.07) is 2.31. The molecule has 1 heterocycles. The lowest BCUT2D eigenvalue weighted by atomic mass is 10.2. The largest absolute Gasteiger partial charge is 0.313 e. The fourth-order valence-corrected chi connectivity index (χ4v) is 1.41. The molecule has 1 rings (SSSR count). The number of piperazine rings is 1. The third-order valence-corrected chi connectivity index (χ3v) is 1.98. The van der Waals surface area contributed by atoms with Gasteiger partial charge in [0.05, 0.1) is 6.07 Å². The second-order valence-corrected chi connectivity index (χ2v) is 3.28. The summed E-state index contributed by atoms with van der Waals surface area (Å²) in [6.45, 7) is 9.40. The van der Waals surface area contributed by atoms with Crippen molar-refractivity contribution < 1.29 is 0 Å². The molecule has 0 amide bonds. The highest BCUT2D eigenvalue weighted by Crippen LogP contribution is 2.04. The zero-order chi connectivity index (χ0) is 8.97. The van der Waals surface area contributed by atoms with Crippen molar-refractivity contribution in [3.8, 4) is 6.07 Å². The molecule has 1 aliphatic heterocycles. The molecule has 3 nitrogen and oxygen atoms in total. The highest BCUT2D eigenvalue weighted by Gasteiger charge is 2.20. The predicted octanol–water partition coefficient (Wildman–Crippen LogP) is 0.360. The van der Waals surface area contributed by atoms with Gasteiger partial charge in [-0.2, -0.15) is 5.26 Å². The Morgan fingerprint density at radius 3 is 3.17 bits per heavy atom. The van der Waals surface area contributed by atoms with E-state index in [2.05, 4.69) is 22.9 Å². The Hall–Kier alpha value is -0.850. The van der Waals surface area contributed by atoms with Gasteiger partial charge in [0.1, 0.15) is 6.04 Å². The van der Waals surface area contributed by atoms with Crippen molar-refractivity contribution in [2.24, 2.45) is 0 Å². The van der Waals surface area contributed by atoms with E-state index in [1.54, 1.807) is 0 Å². The zero-order valence-electron chi connectivity index (χ0n) is 7.51. The van der Waals surface area contributed by atoms with E-state index in [4.69, 9.17) is 5.26 Å². The summed E-state index contributed by atoms with van der Waals surface area (Å²) in [4.78, 5) is 2.17. The molecule has 0 aromatic rings. The highest BCUT2D eigenvalue weighted by molar-refractivity contribution is 5.01. The maximum absolute atomic E-state index is 8.81. The Morgan fingerprint density at radius 1 is 1.83 bits per heavy atom. The third kappa shape index (κ3) is 2.33. The van der Waals surface area contributed by atoms with Gasteiger partial charge in [-0.3, -0.25) is 4.90 Å². The molecule has 1 atom stereocenters. The van der Waals surface area contributed by atoms with Crippen molar-refractivity contribution in [3.63, 3.8) is 0 Å². The van der Waals surface area contributed by atoms with Crippen LogP contribution in [0.5, 0.6) is 0 Å². The van der Waals surface area contributed by atoms with Gasteiger partial charge in [0.15, 0.2) is 0 Å². The first-order valence-electron chi connectivity index (χ1n) is 4.23. The molecule has 0 aromatic heterocycles. The van der Waals surface area contributed by atoms with E-state index >= 15 is 0 Å². The summed E-state index contributed by atoms with van der Waals surface area (Å²) in [5.74, 6) is 0. The summed E-state index contributed by atoms with van der Waals surface area (Å²) in [7, 11) is 0. The van der Waals surface area contributed by atoms with Gasteiger partial charge in [0, 0.05) is 26.2 Å². The molecule has 0 aliphatic carbocycles.